The highest BCUT2D eigenvalue weighted by Crippen LogP contribution is 2.24. The monoisotopic (exact) mass is 415 g/mol. The molecule has 1 amide bonds. The third-order valence-electron chi connectivity index (χ3n) is 6.06. The summed E-state index contributed by atoms with van der Waals surface area (Å²) in [5.41, 5.74) is 1.89. The van der Waals surface area contributed by atoms with Gasteiger partial charge in [0.25, 0.3) is 0 Å². The molecule has 29 heavy (non-hydrogen) atoms. The van der Waals surface area contributed by atoms with Crippen molar-refractivity contribution in [1.82, 2.24) is 9.80 Å². The number of amides is 1. The highest BCUT2D eigenvalue weighted by Gasteiger charge is 2.30. The van der Waals surface area contributed by atoms with Gasteiger partial charge in [0.2, 0.25) is 5.91 Å². The number of carbonyl (C=O) groups is 1. The topological polar surface area (TPSA) is 26.8 Å². The average Bonchev–Trinajstić information content (AvgIpc) is 2.76. The van der Waals surface area contributed by atoms with Crippen molar-refractivity contribution in [3.8, 4) is 0 Å². The maximum Gasteiger partial charge on any atom is 0.225 e. The van der Waals surface area contributed by atoms with Gasteiger partial charge in [0.1, 0.15) is 5.82 Å². The summed E-state index contributed by atoms with van der Waals surface area (Å²) in [6.07, 6.45) is 1.68. The normalized spacial score (nSPS) is 18.8. The number of rotatable bonds is 4. The number of anilines is 1. The lowest BCUT2D eigenvalue weighted by molar-refractivity contribution is -0.137. The first kappa shape index (κ1) is 20.2. The first-order chi connectivity index (χ1) is 14.1. The molecule has 2 saturated heterocycles. The van der Waals surface area contributed by atoms with Crippen molar-refractivity contribution in [2.24, 2.45) is 5.92 Å². The predicted molar refractivity (Wildman–Crippen MR) is 115 cm³/mol. The first-order valence-corrected chi connectivity index (χ1v) is 10.7. The number of benzene rings is 2. The summed E-state index contributed by atoms with van der Waals surface area (Å²) in [6.45, 7) is 5.54. The van der Waals surface area contributed by atoms with Crippen LogP contribution in [0.4, 0.5) is 10.1 Å². The van der Waals surface area contributed by atoms with Gasteiger partial charge in [-0.1, -0.05) is 35.9 Å². The molecule has 0 radical (unpaired) electrons. The quantitative estimate of drug-likeness (QED) is 0.754. The molecule has 0 spiro atoms. The third kappa shape index (κ3) is 4.90. The summed E-state index contributed by atoms with van der Waals surface area (Å²) in [6, 6.07) is 15.2. The number of halogens is 2. The molecule has 4 nitrogen and oxygen atoms in total. The Balaban J connectivity index is 1.25. The van der Waals surface area contributed by atoms with Gasteiger partial charge >= 0.3 is 0 Å². The number of hydrogen-bond donors (Lipinski definition) is 0. The minimum absolute atomic E-state index is 0.0876. The summed E-state index contributed by atoms with van der Waals surface area (Å²) in [5.74, 6) is 0.117. The highest BCUT2D eigenvalue weighted by atomic mass is 35.5. The van der Waals surface area contributed by atoms with Crippen molar-refractivity contribution >= 4 is 23.2 Å². The van der Waals surface area contributed by atoms with Crippen molar-refractivity contribution in [2.45, 2.75) is 19.4 Å². The molecule has 0 saturated carbocycles. The van der Waals surface area contributed by atoms with Gasteiger partial charge < -0.3 is 9.80 Å². The van der Waals surface area contributed by atoms with E-state index in [9.17, 15) is 9.18 Å². The van der Waals surface area contributed by atoms with Crippen LogP contribution in [0.3, 0.4) is 0 Å². The van der Waals surface area contributed by atoms with E-state index in [-0.39, 0.29) is 17.6 Å². The van der Waals surface area contributed by atoms with E-state index < -0.39 is 0 Å². The van der Waals surface area contributed by atoms with Crippen LogP contribution in [0.25, 0.3) is 0 Å². The lowest BCUT2D eigenvalue weighted by Gasteiger charge is -2.39. The van der Waals surface area contributed by atoms with Crippen LogP contribution in [0, 0.1) is 11.7 Å². The first-order valence-electron chi connectivity index (χ1n) is 10.4. The largest absolute Gasteiger partial charge is 0.368 e. The van der Waals surface area contributed by atoms with Gasteiger partial charge in [-0.3, -0.25) is 9.69 Å². The molecule has 0 unspecified atom stereocenters. The molecule has 2 aromatic carbocycles. The Morgan fingerprint density at radius 2 is 1.66 bits per heavy atom. The molecular formula is C23H27ClFN3O. The number of piperazine rings is 1. The van der Waals surface area contributed by atoms with Crippen molar-refractivity contribution in [2.75, 3.05) is 44.2 Å². The van der Waals surface area contributed by atoms with Gasteiger partial charge in [0, 0.05) is 54.9 Å². The van der Waals surface area contributed by atoms with Crippen LogP contribution in [0.2, 0.25) is 5.02 Å². The molecule has 2 fully saturated rings. The molecule has 0 aromatic heterocycles. The van der Waals surface area contributed by atoms with Crippen LogP contribution < -0.4 is 4.90 Å². The van der Waals surface area contributed by atoms with Crippen LogP contribution in [-0.4, -0.2) is 55.0 Å². The van der Waals surface area contributed by atoms with E-state index in [4.69, 9.17) is 11.6 Å². The number of likely N-dealkylation sites (tertiary alicyclic amines) is 1. The zero-order valence-electron chi connectivity index (χ0n) is 16.6. The van der Waals surface area contributed by atoms with Crippen molar-refractivity contribution in [3.05, 3.63) is 64.9 Å². The summed E-state index contributed by atoms with van der Waals surface area (Å²) < 4.78 is 14.0. The van der Waals surface area contributed by atoms with Gasteiger partial charge in [-0.15, -0.1) is 0 Å². The lowest BCUT2D eigenvalue weighted by atomic mass is 9.94. The Morgan fingerprint density at radius 1 is 0.966 bits per heavy atom. The molecule has 6 heteroatoms. The maximum absolute atomic E-state index is 14.0. The minimum Gasteiger partial charge on any atom is -0.368 e. The van der Waals surface area contributed by atoms with E-state index in [2.05, 4.69) is 34.1 Å². The molecule has 2 aromatic rings. The van der Waals surface area contributed by atoms with Crippen LogP contribution in [0.15, 0.2) is 48.5 Å². The number of nitrogens with zero attached hydrogens (tertiary/aromatic N) is 3. The van der Waals surface area contributed by atoms with Crippen molar-refractivity contribution in [1.29, 1.82) is 0 Å². The Bertz CT molecular complexity index is 831. The summed E-state index contributed by atoms with van der Waals surface area (Å²) in [7, 11) is 0. The fourth-order valence-electron chi connectivity index (χ4n) is 4.31. The average molecular weight is 416 g/mol. The van der Waals surface area contributed by atoms with E-state index in [1.54, 1.807) is 12.1 Å². The number of piperidine rings is 1. The molecule has 2 heterocycles. The molecule has 0 atom stereocenters. The van der Waals surface area contributed by atoms with Crippen LogP contribution in [-0.2, 0) is 11.3 Å². The van der Waals surface area contributed by atoms with Gasteiger partial charge in [-0.2, -0.15) is 0 Å². The maximum atomic E-state index is 14.0. The van der Waals surface area contributed by atoms with E-state index in [1.807, 2.05) is 11.0 Å². The zero-order chi connectivity index (χ0) is 20.2. The second kappa shape index (κ2) is 9.14. The molecule has 0 N–H and O–H groups in total. The van der Waals surface area contributed by atoms with Gasteiger partial charge in [0.15, 0.2) is 0 Å². The minimum atomic E-state index is -0.257. The van der Waals surface area contributed by atoms with Crippen molar-refractivity contribution in [3.63, 3.8) is 0 Å². The SMILES string of the molecule is O=C(C1CCN(Cc2ccc(Cl)cc2F)CC1)N1CCN(c2ccccc2)CC1. The lowest BCUT2D eigenvalue weighted by Crippen LogP contribution is -2.51. The standard InChI is InChI=1S/C23H27ClFN3O/c24-20-7-6-19(22(25)16-20)17-26-10-8-18(9-11-26)23(29)28-14-12-27(13-15-28)21-4-2-1-3-5-21/h1-7,16,18H,8-15,17H2. The van der Waals surface area contributed by atoms with E-state index in [0.717, 1.165) is 52.1 Å². The van der Waals surface area contributed by atoms with Gasteiger partial charge in [0.05, 0.1) is 0 Å². The molecule has 0 aliphatic carbocycles. The fraction of sp³-hybridized carbons (Fsp3) is 0.435. The van der Waals surface area contributed by atoms with Crippen LogP contribution >= 0.6 is 11.6 Å². The number of carbonyl (C=O) groups excluding carboxylic acids is 1. The molecule has 0 bridgehead atoms. The molecule has 154 valence electrons. The summed E-state index contributed by atoms with van der Waals surface area (Å²) in [5, 5.41) is 0.419. The smallest absolute Gasteiger partial charge is 0.225 e. The Kier molecular flexibility index (Phi) is 6.36. The van der Waals surface area contributed by atoms with Crippen LogP contribution in [0.1, 0.15) is 18.4 Å². The summed E-state index contributed by atoms with van der Waals surface area (Å²) in [4.78, 5) is 19.6. The number of para-hydroxylation sites is 1. The Labute approximate surface area is 176 Å². The Morgan fingerprint density at radius 3 is 2.31 bits per heavy atom. The van der Waals surface area contributed by atoms with E-state index >= 15 is 0 Å². The highest BCUT2D eigenvalue weighted by molar-refractivity contribution is 6.30. The van der Waals surface area contributed by atoms with E-state index in [0.29, 0.717) is 17.1 Å². The van der Waals surface area contributed by atoms with Gasteiger partial charge in [-0.05, 0) is 50.2 Å². The molecule has 2 aliphatic heterocycles. The summed E-state index contributed by atoms with van der Waals surface area (Å²) >= 11 is 5.83. The third-order valence-corrected chi connectivity index (χ3v) is 6.29. The van der Waals surface area contributed by atoms with Crippen molar-refractivity contribution < 1.29 is 9.18 Å². The second-order valence-electron chi connectivity index (χ2n) is 7.93. The second-order valence-corrected chi connectivity index (χ2v) is 8.37. The van der Waals surface area contributed by atoms with E-state index in [1.165, 1.54) is 11.8 Å². The molecular weight excluding hydrogens is 389 g/mol. The van der Waals surface area contributed by atoms with Crippen LogP contribution in [0.5, 0.6) is 0 Å². The fourth-order valence-corrected chi connectivity index (χ4v) is 4.47. The van der Waals surface area contributed by atoms with Gasteiger partial charge in [-0.25, -0.2) is 4.39 Å². The zero-order valence-corrected chi connectivity index (χ0v) is 17.3. The predicted octanol–water partition coefficient (Wildman–Crippen LogP) is 4.04. The molecule has 4 rings (SSSR count). The number of hydrogen-bond acceptors (Lipinski definition) is 3. The molecule has 2 aliphatic rings. The Hall–Kier alpha value is -2.11.